The summed E-state index contributed by atoms with van der Waals surface area (Å²) in [6.07, 6.45) is 6.28. The van der Waals surface area contributed by atoms with Gasteiger partial charge in [0.2, 0.25) is 0 Å². The summed E-state index contributed by atoms with van der Waals surface area (Å²) in [5.41, 5.74) is 4.89. The van der Waals surface area contributed by atoms with Gasteiger partial charge in [-0.3, -0.25) is 0 Å². The van der Waals surface area contributed by atoms with Crippen LogP contribution in [0.25, 0.3) is 5.57 Å². The molecule has 0 amide bonds. The van der Waals surface area contributed by atoms with Crippen molar-refractivity contribution in [2.75, 3.05) is 7.05 Å². The van der Waals surface area contributed by atoms with E-state index in [9.17, 15) is 0 Å². The van der Waals surface area contributed by atoms with Crippen LogP contribution in [0.4, 0.5) is 0 Å². The molecule has 1 aliphatic heterocycles. The highest BCUT2D eigenvalue weighted by atomic mass is 15.1. The van der Waals surface area contributed by atoms with Gasteiger partial charge in [-0.15, -0.1) is 0 Å². The molecule has 0 fully saturated rings. The zero-order valence-corrected chi connectivity index (χ0v) is 10.8. The third-order valence-electron chi connectivity index (χ3n) is 3.15. The summed E-state index contributed by atoms with van der Waals surface area (Å²) < 4.78 is 0. The second-order valence-corrected chi connectivity index (χ2v) is 4.80. The Balaban J connectivity index is 2.27. The van der Waals surface area contributed by atoms with E-state index in [2.05, 4.69) is 57.0 Å². The monoisotopic (exact) mass is 225 g/mol. The van der Waals surface area contributed by atoms with Gasteiger partial charge in [0, 0.05) is 18.9 Å². The van der Waals surface area contributed by atoms with Crippen LogP contribution in [0.1, 0.15) is 30.9 Å². The van der Waals surface area contributed by atoms with Gasteiger partial charge >= 0.3 is 0 Å². The molecule has 17 heavy (non-hydrogen) atoms. The zero-order valence-electron chi connectivity index (χ0n) is 10.8. The average Bonchev–Trinajstić information content (AvgIpc) is 2.33. The second-order valence-electron chi connectivity index (χ2n) is 4.80. The van der Waals surface area contributed by atoms with Gasteiger partial charge in [-0.1, -0.05) is 50.8 Å². The van der Waals surface area contributed by atoms with Gasteiger partial charge in [-0.25, -0.2) is 0 Å². The van der Waals surface area contributed by atoms with Crippen LogP contribution in [0.15, 0.2) is 54.9 Å². The van der Waals surface area contributed by atoms with Gasteiger partial charge in [-0.05, 0) is 28.7 Å². The van der Waals surface area contributed by atoms with Crippen molar-refractivity contribution in [1.82, 2.24) is 4.90 Å². The SMILES string of the molecule is C=C1C=CC(c2ccc(C(C)C)cc2)=CN1C. The molecule has 1 aliphatic rings. The first kappa shape index (κ1) is 11.7. The number of likely N-dealkylation sites (N-methyl/N-ethyl adjacent to an activating group) is 1. The minimum absolute atomic E-state index is 0.586. The Bertz CT molecular complexity index is 475. The average molecular weight is 225 g/mol. The molecule has 1 heteroatoms. The molecule has 0 radical (unpaired) electrons. The van der Waals surface area contributed by atoms with Gasteiger partial charge in [0.15, 0.2) is 0 Å². The summed E-state index contributed by atoms with van der Waals surface area (Å²) in [4.78, 5) is 2.05. The quantitative estimate of drug-likeness (QED) is 0.730. The van der Waals surface area contributed by atoms with Crippen molar-refractivity contribution in [1.29, 1.82) is 0 Å². The van der Waals surface area contributed by atoms with Crippen molar-refractivity contribution in [2.24, 2.45) is 0 Å². The van der Waals surface area contributed by atoms with E-state index in [-0.39, 0.29) is 0 Å². The standard InChI is InChI=1S/C16H19N/c1-12(2)14-7-9-15(10-8-14)16-6-5-13(3)17(4)11-16/h5-12H,3H2,1-2,4H3. The molecule has 88 valence electrons. The summed E-state index contributed by atoms with van der Waals surface area (Å²) in [7, 11) is 2.02. The maximum absolute atomic E-state index is 3.96. The lowest BCUT2D eigenvalue weighted by Gasteiger charge is -2.20. The lowest BCUT2D eigenvalue weighted by Crippen LogP contribution is -2.10. The van der Waals surface area contributed by atoms with E-state index in [0.717, 1.165) is 5.70 Å². The Morgan fingerprint density at radius 3 is 2.24 bits per heavy atom. The van der Waals surface area contributed by atoms with Crippen LogP contribution in [-0.4, -0.2) is 11.9 Å². The number of hydrogen-bond donors (Lipinski definition) is 0. The molecular weight excluding hydrogens is 206 g/mol. The van der Waals surface area contributed by atoms with Gasteiger partial charge in [-0.2, -0.15) is 0 Å². The summed E-state index contributed by atoms with van der Waals surface area (Å²) in [5, 5.41) is 0. The molecule has 0 unspecified atom stereocenters. The molecule has 0 saturated heterocycles. The molecule has 0 atom stereocenters. The van der Waals surface area contributed by atoms with Gasteiger partial charge in [0.05, 0.1) is 0 Å². The van der Waals surface area contributed by atoms with Crippen LogP contribution in [0.3, 0.4) is 0 Å². The fourth-order valence-electron chi connectivity index (χ4n) is 1.87. The van der Waals surface area contributed by atoms with E-state index in [1.54, 1.807) is 0 Å². The van der Waals surface area contributed by atoms with Crippen molar-refractivity contribution in [2.45, 2.75) is 19.8 Å². The summed E-state index contributed by atoms with van der Waals surface area (Å²) in [6, 6.07) is 8.79. The first-order chi connectivity index (χ1) is 8.08. The Morgan fingerprint density at radius 1 is 1.06 bits per heavy atom. The highest BCUT2D eigenvalue weighted by Gasteiger charge is 2.07. The van der Waals surface area contributed by atoms with Gasteiger partial charge in [0.1, 0.15) is 0 Å². The maximum atomic E-state index is 3.96. The summed E-state index contributed by atoms with van der Waals surface area (Å²) in [6.45, 7) is 8.38. The number of nitrogens with zero attached hydrogens (tertiary/aromatic N) is 1. The predicted octanol–water partition coefficient (Wildman–Crippen LogP) is 4.17. The van der Waals surface area contributed by atoms with E-state index in [1.165, 1.54) is 16.7 Å². The number of allylic oxidation sites excluding steroid dienone is 3. The summed E-state index contributed by atoms with van der Waals surface area (Å²) >= 11 is 0. The Kier molecular flexibility index (Phi) is 3.19. The Labute approximate surface area is 104 Å². The first-order valence-electron chi connectivity index (χ1n) is 6.00. The maximum Gasteiger partial charge on any atom is 0.0330 e. The molecule has 1 heterocycles. The van der Waals surface area contributed by atoms with Crippen LogP contribution < -0.4 is 0 Å². The fraction of sp³-hybridized carbons (Fsp3) is 0.250. The van der Waals surface area contributed by atoms with Crippen molar-refractivity contribution in [3.63, 3.8) is 0 Å². The molecular formula is C16H19N. The van der Waals surface area contributed by atoms with Crippen molar-refractivity contribution in [3.05, 3.63) is 66.0 Å². The van der Waals surface area contributed by atoms with Gasteiger partial charge in [0.25, 0.3) is 0 Å². The van der Waals surface area contributed by atoms with Gasteiger partial charge < -0.3 is 4.90 Å². The van der Waals surface area contributed by atoms with Crippen molar-refractivity contribution >= 4 is 5.57 Å². The number of rotatable bonds is 2. The smallest absolute Gasteiger partial charge is 0.0330 e. The van der Waals surface area contributed by atoms with Crippen LogP contribution in [-0.2, 0) is 0 Å². The third kappa shape index (κ3) is 2.50. The van der Waals surface area contributed by atoms with Crippen LogP contribution in [0, 0.1) is 0 Å². The number of hydrogen-bond acceptors (Lipinski definition) is 1. The topological polar surface area (TPSA) is 3.24 Å². The molecule has 0 saturated carbocycles. The third-order valence-corrected chi connectivity index (χ3v) is 3.15. The first-order valence-corrected chi connectivity index (χ1v) is 6.00. The second kappa shape index (κ2) is 4.62. The van der Waals surface area contributed by atoms with Crippen molar-refractivity contribution in [3.8, 4) is 0 Å². The molecule has 0 aliphatic carbocycles. The molecule has 0 N–H and O–H groups in total. The molecule has 2 rings (SSSR count). The molecule has 0 bridgehead atoms. The fourth-order valence-corrected chi connectivity index (χ4v) is 1.87. The molecule has 0 aromatic heterocycles. The minimum Gasteiger partial charge on any atom is -0.351 e. The van der Waals surface area contributed by atoms with E-state index >= 15 is 0 Å². The number of benzene rings is 1. The van der Waals surface area contributed by atoms with E-state index < -0.39 is 0 Å². The zero-order chi connectivity index (χ0) is 12.4. The normalized spacial score (nSPS) is 15.4. The molecule has 1 aromatic rings. The van der Waals surface area contributed by atoms with Crippen LogP contribution >= 0.6 is 0 Å². The largest absolute Gasteiger partial charge is 0.351 e. The Morgan fingerprint density at radius 2 is 1.71 bits per heavy atom. The Hall–Kier alpha value is -1.76. The van der Waals surface area contributed by atoms with Crippen molar-refractivity contribution < 1.29 is 0 Å². The summed E-state index contributed by atoms with van der Waals surface area (Å²) in [5.74, 6) is 0.586. The van der Waals surface area contributed by atoms with E-state index in [4.69, 9.17) is 0 Å². The lowest BCUT2D eigenvalue weighted by atomic mass is 9.98. The molecule has 1 nitrogen and oxygen atoms in total. The highest BCUT2D eigenvalue weighted by molar-refractivity contribution is 5.75. The predicted molar refractivity (Wildman–Crippen MR) is 74.6 cm³/mol. The lowest BCUT2D eigenvalue weighted by molar-refractivity contribution is 0.589. The minimum atomic E-state index is 0.586. The van der Waals surface area contributed by atoms with E-state index in [0.29, 0.717) is 5.92 Å². The molecule has 0 spiro atoms. The molecule has 1 aromatic carbocycles. The van der Waals surface area contributed by atoms with Crippen LogP contribution in [0.2, 0.25) is 0 Å². The van der Waals surface area contributed by atoms with E-state index in [1.807, 2.05) is 18.0 Å². The highest BCUT2D eigenvalue weighted by Crippen LogP contribution is 2.24. The van der Waals surface area contributed by atoms with Crippen LogP contribution in [0.5, 0.6) is 0 Å².